The van der Waals surface area contributed by atoms with Crippen LogP contribution in [0.25, 0.3) is 0 Å². The summed E-state index contributed by atoms with van der Waals surface area (Å²) in [5.41, 5.74) is 0.363. The molecular weight excluding hydrogens is 1550 g/mol. The summed E-state index contributed by atoms with van der Waals surface area (Å²) in [6.45, 7) is -0.122. The fraction of sp³-hybridized carbons (Fsp3) is 0.556. The summed E-state index contributed by atoms with van der Waals surface area (Å²) in [4.78, 5) is 147. The summed E-state index contributed by atoms with van der Waals surface area (Å²) in [6, 6.07) is 16.9. The van der Waals surface area contributed by atoms with Crippen LogP contribution in [0.2, 0.25) is 0 Å². The van der Waals surface area contributed by atoms with E-state index in [0.717, 1.165) is 0 Å². The summed E-state index contributed by atoms with van der Waals surface area (Å²) in [6.07, 6.45) is -3.80. The summed E-state index contributed by atoms with van der Waals surface area (Å²) in [5, 5.41) is 0. The van der Waals surface area contributed by atoms with Gasteiger partial charge in [-0.1, -0.05) is 24.3 Å². The number of amides is 12. The third kappa shape index (κ3) is 23.2. The molecule has 32 nitrogen and oxygen atoms in total. The molecule has 0 radical (unpaired) electrons. The Labute approximate surface area is 669 Å². The molecule has 8 fully saturated rings. The highest BCUT2D eigenvalue weighted by atomic mass is 19.1. The molecule has 12 rings (SSSR count). The van der Waals surface area contributed by atoms with Crippen molar-refractivity contribution < 1.29 is 151 Å². The number of carbonyl (C=O) groups is 12. The number of carbonyl (C=O) groups excluding carboxylic acids is 12. The maximum absolute atomic E-state index is 16.3. The Bertz CT molecular complexity index is 3690. The fourth-order valence-corrected chi connectivity index (χ4v) is 14.4. The topological polar surface area (TPSA) is 365 Å². The summed E-state index contributed by atoms with van der Waals surface area (Å²) >= 11 is 0. The number of likely N-dealkylation sites (tertiary alicyclic amines) is 4. The number of rotatable bonds is 40. The van der Waals surface area contributed by atoms with Gasteiger partial charge in [-0.3, -0.25) is 38.4 Å². The molecule has 632 valence electrons. The molecule has 0 bridgehead atoms. The van der Waals surface area contributed by atoms with Gasteiger partial charge >= 0.3 is 24.4 Å². The Morgan fingerprint density at radius 2 is 0.513 bits per heavy atom. The number of benzene rings is 4. The SMILES string of the molecule is O=C1CCC(=O)N1C(=O)OCCCCC1COC(c2ccc(OCCC(CCOc3ccc(C4OCC(CCCCOC(=O)N5C(=O)CCC5=O)O4)cc3F)(CCOc3ccc(C4OCC(CCCCOC(=O)N5C(=O)CCC5=O)O4)cc3F)CCOc3ccc(C4OCC(CCCCOC(=O)N5C(=O)CCC5=O)O4)cc3F)c(F)c2)O1. The molecular formula is C81H92F4N4O28. The molecule has 0 aliphatic carbocycles. The van der Waals surface area contributed by atoms with Gasteiger partial charge in [0.1, 0.15) is 0 Å². The maximum atomic E-state index is 16.3. The number of halogens is 4. The Kier molecular flexibility index (Phi) is 30.5. The number of nitrogens with zero attached hydrogens (tertiary/aromatic N) is 4. The van der Waals surface area contributed by atoms with Crippen LogP contribution in [0, 0.1) is 28.7 Å². The third-order valence-electron chi connectivity index (χ3n) is 21.0. The van der Waals surface area contributed by atoms with Crippen molar-refractivity contribution in [1.29, 1.82) is 0 Å². The minimum atomic E-state index is -1.04. The zero-order chi connectivity index (χ0) is 82.5. The second-order valence-electron chi connectivity index (χ2n) is 29.3. The van der Waals surface area contributed by atoms with Crippen molar-refractivity contribution in [1.82, 2.24) is 19.6 Å². The van der Waals surface area contributed by atoms with Crippen molar-refractivity contribution in [3.63, 3.8) is 0 Å². The predicted molar refractivity (Wildman–Crippen MR) is 388 cm³/mol. The van der Waals surface area contributed by atoms with E-state index in [1.807, 2.05) is 0 Å². The quantitative estimate of drug-likeness (QED) is 0.0173. The largest absolute Gasteiger partial charge is 0.490 e. The minimum Gasteiger partial charge on any atom is -0.490 e. The zero-order valence-electron chi connectivity index (χ0n) is 64.2. The Morgan fingerprint density at radius 1 is 0.308 bits per heavy atom. The van der Waals surface area contributed by atoms with Gasteiger partial charge in [0.05, 0.1) is 104 Å². The van der Waals surface area contributed by atoms with Crippen LogP contribution in [0.1, 0.15) is 202 Å². The van der Waals surface area contributed by atoms with Crippen LogP contribution >= 0.6 is 0 Å². The zero-order valence-corrected chi connectivity index (χ0v) is 64.2. The normalized spacial score (nSPS) is 22.6. The predicted octanol–water partition coefficient (Wildman–Crippen LogP) is 11.9. The minimum absolute atomic E-state index is 0.0385. The number of hydrogen-bond acceptors (Lipinski definition) is 28. The van der Waals surface area contributed by atoms with Crippen molar-refractivity contribution in [3.8, 4) is 23.0 Å². The first-order chi connectivity index (χ1) is 56.5. The van der Waals surface area contributed by atoms with Gasteiger partial charge in [-0.25, -0.2) is 36.7 Å². The number of hydrogen-bond donors (Lipinski definition) is 0. The van der Waals surface area contributed by atoms with Crippen LogP contribution in [-0.4, -0.2) is 195 Å². The highest BCUT2D eigenvalue weighted by molar-refractivity contribution is 6.15. The number of unbranched alkanes of at least 4 members (excludes halogenated alkanes) is 4. The molecule has 12 amide bonds. The van der Waals surface area contributed by atoms with Crippen molar-refractivity contribution >= 4 is 71.6 Å². The van der Waals surface area contributed by atoms with Gasteiger partial charge in [-0.05, 0) is 157 Å². The number of ether oxygens (including phenoxy) is 16. The van der Waals surface area contributed by atoms with E-state index in [4.69, 9.17) is 75.8 Å². The highest BCUT2D eigenvalue weighted by Crippen LogP contribution is 2.41. The van der Waals surface area contributed by atoms with Gasteiger partial charge in [0.15, 0.2) is 71.4 Å². The molecule has 0 saturated carbocycles. The molecule has 8 heterocycles. The molecule has 0 spiro atoms. The Balaban J connectivity index is 0.694. The lowest BCUT2D eigenvalue weighted by Crippen LogP contribution is -2.36. The maximum Gasteiger partial charge on any atom is 0.423 e. The van der Waals surface area contributed by atoms with Crippen LogP contribution < -0.4 is 18.9 Å². The third-order valence-corrected chi connectivity index (χ3v) is 21.0. The second kappa shape index (κ2) is 41.4. The highest BCUT2D eigenvalue weighted by Gasteiger charge is 2.41. The fourth-order valence-electron chi connectivity index (χ4n) is 14.4. The molecule has 8 unspecified atom stereocenters. The Hall–Kier alpha value is -10.1. The van der Waals surface area contributed by atoms with E-state index in [-0.39, 0.29) is 179 Å². The summed E-state index contributed by atoms with van der Waals surface area (Å²) in [7, 11) is 0. The molecule has 8 atom stereocenters. The number of imide groups is 12. The first-order valence-electron chi connectivity index (χ1n) is 39.4. The van der Waals surface area contributed by atoms with Gasteiger partial charge in [0.2, 0.25) is 47.3 Å². The average Bonchev–Trinajstić information content (AvgIpc) is 1.78. The molecule has 0 N–H and O–H groups in total. The van der Waals surface area contributed by atoms with E-state index < -0.39 is 150 Å². The van der Waals surface area contributed by atoms with Crippen molar-refractivity contribution in [2.45, 2.75) is 204 Å². The molecule has 8 aliphatic heterocycles. The van der Waals surface area contributed by atoms with Crippen LogP contribution in [0.5, 0.6) is 23.0 Å². The summed E-state index contributed by atoms with van der Waals surface area (Å²) < 4.78 is 158. The second-order valence-corrected chi connectivity index (χ2v) is 29.3. The van der Waals surface area contributed by atoms with Crippen LogP contribution in [0.4, 0.5) is 36.7 Å². The van der Waals surface area contributed by atoms with Crippen molar-refractivity contribution in [2.75, 3.05) is 79.3 Å². The lowest BCUT2D eigenvalue weighted by atomic mass is 9.76. The average molecular weight is 1650 g/mol. The van der Waals surface area contributed by atoms with Gasteiger partial charge < -0.3 is 75.8 Å². The van der Waals surface area contributed by atoms with Crippen LogP contribution in [-0.2, 0) is 95.2 Å². The smallest absolute Gasteiger partial charge is 0.423 e. The van der Waals surface area contributed by atoms with Gasteiger partial charge in [0, 0.05) is 73.6 Å². The Morgan fingerprint density at radius 3 is 0.709 bits per heavy atom. The monoisotopic (exact) mass is 1640 g/mol. The van der Waals surface area contributed by atoms with E-state index in [1.165, 1.54) is 48.5 Å². The molecule has 117 heavy (non-hydrogen) atoms. The molecule has 8 aliphatic rings. The molecule has 4 aromatic rings. The lowest BCUT2D eigenvalue weighted by molar-refractivity contribution is -0.138. The van der Waals surface area contributed by atoms with E-state index in [2.05, 4.69) is 0 Å². The molecule has 36 heteroatoms. The first-order valence-corrected chi connectivity index (χ1v) is 39.4. The van der Waals surface area contributed by atoms with E-state index >= 15 is 17.6 Å². The van der Waals surface area contributed by atoms with Crippen LogP contribution in [0.3, 0.4) is 0 Å². The van der Waals surface area contributed by atoms with Gasteiger partial charge in [-0.2, -0.15) is 19.6 Å². The van der Waals surface area contributed by atoms with Gasteiger partial charge in [-0.15, -0.1) is 0 Å². The van der Waals surface area contributed by atoms with Crippen LogP contribution in [0.15, 0.2) is 72.8 Å². The van der Waals surface area contributed by atoms with Gasteiger partial charge in [0.25, 0.3) is 0 Å². The molecule has 0 aromatic heterocycles. The van der Waals surface area contributed by atoms with Crippen molar-refractivity contribution in [2.24, 2.45) is 5.41 Å². The van der Waals surface area contributed by atoms with E-state index in [9.17, 15) is 57.5 Å². The molecule has 8 saturated heterocycles. The van der Waals surface area contributed by atoms with E-state index in [1.54, 1.807) is 24.3 Å². The van der Waals surface area contributed by atoms with E-state index in [0.29, 0.717) is 119 Å². The molecule has 4 aromatic carbocycles. The lowest BCUT2D eigenvalue weighted by Gasteiger charge is -2.34. The first kappa shape index (κ1) is 86.3. The standard InChI is InChI=1S/C81H92F4N4O28/c82-57-41-49(73-110-45-53(114-73)9-1-5-33-106-77(98)86-65(90)21-22-66(86)91)13-17-61(57)102-37-29-81(30-38-103-62-18-14-50(42-58(62)83)74-111-46-54(115-74)10-2-6-34-107-78(99)87-67(92)23-24-68(87)93,31-39-104-63-19-15-51(43-59(63)84)75-112-47-55(116-75)11-3-7-35-108-79(100)88-69(94)25-26-70(88)95)32-40-105-64-20-16-52(44-60(64)85)76-113-48-56(117-76)12-4-8-36-109-80(101)89-71(96)27-28-72(89)97/h13-20,41-44,53-56,73-76H,1-12,21-40,45-48H2. The van der Waals surface area contributed by atoms with Crippen molar-refractivity contribution in [3.05, 3.63) is 118 Å². The summed E-state index contributed by atoms with van der Waals surface area (Å²) in [5.74, 6) is -8.50.